The summed E-state index contributed by atoms with van der Waals surface area (Å²) in [6.45, 7) is 2.82. The zero-order valence-corrected chi connectivity index (χ0v) is 36.1. The molecule has 0 aliphatic carbocycles. The number of esters is 2. The van der Waals surface area contributed by atoms with Crippen LogP contribution in [0.4, 0.5) is 0 Å². The Labute approximate surface area is 335 Å². The van der Waals surface area contributed by atoms with Crippen molar-refractivity contribution in [2.75, 3.05) is 19.0 Å². The van der Waals surface area contributed by atoms with Crippen LogP contribution in [0.5, 0.6) is 0 Å². The van der Waals surface area contributed by atoms with Crippen LogP contribution in [-0.2, 0) is 32.9 Å². The predicted octanol–water partition coefficient (Wildman–Crippen LogP) is 2.35. The fourth-order valence-corrected chi connectivity index (χ4v) is 6.07. The van der Waals surface area contributed by atoms with E-state index >= 15 is 0 Å². The van der Waals surface area contributed by atoms with Gasteiger partial charge in [0.15, 0.2) is 11.2 Å². The molecule has 266 valence electrons. The standard InChI is InChI=1S/C34H65O9PS.2Na/c1-3-4-5-6-7-8-11-15-18-21-24-27-34(37)43-32(30-42-44(38,39)40)29-41-33(36)26-23-20-17-14-12-9-10-13-16-19-22-25-28-45-31(2)35;;/h32H,3-30H2,1-2H3,(H2,38,39,40);;/q;2*+1/p-2/t32-;;/m1../s1. The van der Waals surface area contributed by atoms with Crippen molar-refractivity contribution in [3.63, 3.8) is 0 Å². The average Bonchev–Trinajstić information content (AvgIpc) is 2.98. The number of rotatable bonds is 33. The first-order valence-electron chi connectivity index (χ1n) is 17.8. The molecule has 0 rings (SSSR count). The third-order valence-corrected chi connectivity index (χ3v) is 9.08. The number of carbonyl (C=O) groups is 3. The van der Waals surface area contributed by atoms with Crippen molar-refractivity contribution < 1.29 is 102 Å². The first kappa shape index (κ1) is 52.4. The Morgan fingerprint density at radius 1 is 0.596 bits per heavy atom. The van der Waals surface area contributed by atoms with Crippen LogP contribution in [0.3, 0.4) is 0 Å². The van der Waals surface area contributed by atoms with Gasteiger partial charge in [-0.3, -0.25) is 14.4 Å². The molecular formula is C34H63Na2O9PS. The zero-order valence-electron chi connectivity index (χ0n) is 30.4. The van der Waals surface area contributed by atoms with Crippen molar-refractivity contribution in [3.05, 3.63) is 0 Å². The Kier molecular flexibility index (Phi) is 42.7. The summed E-state index contributed by atoms with van der Waals surface area (Å²) in [5.41, 5.74) is 0. The summed E-state index contributed by atoms with van der Waals surface area (Å²) in [6, 6.07) is 0. The molecule has 0 aliphatic heterocycles. The Balaban J connectivity index is -0.00000968. The van der Waals surface area contributed by atoms with E-state index in [2.05, 4.69) is 11.4 Å². The molecule has 1 atom stereocenters. The number of hydrogen-bond donors (Lipinski definition) is 0. The molecular weight excluding hydrogens is 661 g/mol. The third kappa shape index (κ3) is 43.2. The second-order valence-electron chi connectivity index (χ2n) is 12.2. The number of ether oxygens (including phenoxy) is 2. The number of carbonyl (C=O) groups excluding carboxylic acids is 3. The van der Waals surface area contributed by atoms with Crippen LogP contribution in [0.15, 0.2) is 0 Å². The molecule has 47 heavy (non-hydrogen) atoms. The van der Waals surface area contributed by atoms with Gasteiger partial charge in [-0.1, -0.05) is 147 Å². The molecule has 9 nitrogen and oxygen atoms in total. The van der Waals surface area contributed by atoms with Gasteiger partial charge in [0.1, 0.15) is 6.61 Å². The molecule has 13 heteroatoms. The SMILES string of the molecule is CCCCCCCCCCCCCC(=O)O[C@H](COC(=O)CCCCCCCCCCCCCCSC(C)=O)COP(=O)([O-])[O-].[Na+].[Na+]. The van der Waals surface area contributed by atoms with E-state index in [-0.39, 0.29) is 83.7 Å². The molecule has 0 saturated carbocycles. The van der Waals surface area contributed by atoms with Gasteiger partial charge in [-0.2, -0.15) is 0 Å². The Morgan fingerprint density at radius 2 is 0.979 bits per heavy atom. The quantitative estimate of drug-likeness (QED) is 0.0429. The van der Waals surface area contributed by atoms with Gasteiger partial charge in [-0.05, 0) is 19.3 Å². The van der Waals surface area contributed by atoms with Crippen molar-refractivity contribution in [3.8, 4) is 0 Å². The summed E-state index contributed by atoms with van der Waals surface area (Å²) in [5, 5.41) is 0.202. The molecule has 0 saturated heterocycles. The van der Waals surface area contributed by atoms with Crippen molar-refractivity contribution in [1.82, 2.24) is 0 Å². The van der Waals surface area contributed by atoms with Crippen LogP contribution in [0, 0.1) is 0 Å². The molecule has 0 aliphatic rings. The normalized spacial score (nSPS) is 11.7. The van der Waals surface area contributed by atoms with Crippen LogP contribution >= 0.6 is 19.6 Å². The molecule has 0 bridgehead atoms. The Morgan fingerprint density at radius 3 is 1.38 bits per heavy atom. The largest absolute Gasteiger partial charge is 1.00 e. The summed E-state index contributed by atoms with van der Waals surface area (Å²) in [5.74, 6) is -0.0385. The van der Waals surface area contributed by atoms with Crippen LogP contribution in [-0.4, -0.2) is 42.1 Å². The molecule has 0 spiro atoms. The number of hydrogen-bond acceptors (Lipinski definition) is 10. The smallest absolute Gasteiger partial charge is 0.790 e. The monoisotopic (exact) mass is 724 g/mol. The maximum absolute atomic E-state index is 12.3. The van der Waals surface area contributed by atoms with Crippen LogP contribution in [0.1, 0.15) is 174 Å². The van der Waals surface area contributed by atoms with Crippen molar-refractivity contribution in [2.45, 2.75) is 180 Å². The summed E-state index contributed by atoms with van der Waals surface area (Å²) >= 11 is 1.42. The summed E-state index contributed by atoms with van der Waals surface area (Å²) < 4.78 is 25.7. The number of unbranched alkanes of at least 4 members (excludes halogenated alkanes) is 21. The van der Waals surface area contributed by atoms with E-state index in [1.54, 1.807) is 6.92 Å². The summed E-state index contributed by atoms with van der Waals surface area (Å²) in [6.07, 6.45) is 25.5. The van der Waals surface area contributed by atoms with Gasteiger partial charge in [-0.15, -0.1) is 0 Å². The molecule has 0 unspecified atom stereocenters. The van der Waals surface area contributed by atoms with Crippen LogP contribution in [0.25, 0.3) is 0 Å². The van der Waals surface area contributed by atoms with E-state index in [9.17, 15) is 28.7 Å². The number of thioether (sulfide) groups is 1. The Hall–Kier alpha value is 1.07. The predicted molar refractivity (Wildman–Crippen MR) is 179 cm³/mol. The molecule has 0 aromatic heterocycles. The molecule has 0 aromatic carbocycles. The second-order valence-corrected chi connectivity index (χ2v) is 14.6. The van der Waals surface area contributed by atoms with Gasteiger partial charge >= 0.3 is 71.1 Å². The molecule has 0 amide bonds. The van der Waals surface area contributed by atoms with E-state index in [4.69, 9.17) is 9.47 Å². The average molecular weight is 725 g/mol. The van der Waals surface area contributed by atoms with Gasteiger partial charge in [0.25, 0.3) is 0 Å². The minimum atomic E-state index is -5.25. The van der Waals surface area contributed by atoms with E-state index in [1.165, 1.54) is 102 Å². The maximum Gasteiger partial charge on any atom is 1.00 e. The van der Waals surface area contributed by atoms with Gasteiger partial charge < -0.3 is 28.3 Å². The Bertz CT molecular complexity index is 787. The third-order valence-electron chi connectivity index (χ3n) is 7.71. The first-order valence-corrected chi connectivity index (χ1v) is 20.2. The van der Waals surface area contributed by atoms with Crippen molar-refractivity contribution in [1.29, 1.82) is 0 Å². The fraction of sp³-hybridized carbons (Fsp3) is 0.912. The fourth-order valence-electron chi connectivity index (χ4n) is 5.08. The van der Waals surface area contributed by atoms with Gasteiger partial charge in [0.2, 0.25) is 0 Å². The number of phosphoric acid groups is 1. The number of phosphoric ester groups is 1. The van der Waals surface area contributed by atoms with Crippen molar-refractivity contribution in [2.24, 2.45) is 0 Å². The van der Waals surface area contributed by atoms with E-state index < -0.39 is 32.5 Å². The molecule has 0 fully saturated rings. The minimum Gasteiger partial charge on any atom is -0.790 e. The van der Waals surface area contributed by atoms with Gasteiger partial charge in [0, 0.05) is 25.5 Å². The second kappa shape index (κ2) is 38.3. The van der Waals surface area contributed by atoms with E-state index in [0.29, 0.717) is 12.8 Å². The maximum atomic E-state index is 12.3. The molecule has 0 heterocycles. The van der Waals surface area contributed by atoms with Crippen molar-refractivity contribution >= 4 is 36.6 Å². The summed E-state index contributed by atoms with van der Waals surface area (Å²) in [7, 11) is -5.25. The topological polar surface area (TPSA) is 142 Å². The molecule has 0 radical (unpaired) electrons. The molecule has 0 N–H and O–H groups in total. The van der Waals surface area contributed by atoms with Gasteiger partial charge in [-0.25, -0.2) is 0 Å². The zero-order chi connectivity index (χ0) is 33.4. The van der Waals surface area contributed by atoms with Gasteiger partial charge in [0.05, 0.1) is 14.4 Å². The first-order chi connectivity index (χ1) is 21.6. The van der Waals surface area contributed by atoms with E-state index in [1.807, 2.05) is 0 Å². The van der Waals surface area contributed by atoms with E-state index in [0.717, 1.165) is 50.7 Å². The molecule has 0 aromatic rings. The van der Waals surface area contributed by atoms with Crippen LogP contribution < -0.4 is 68.9 Å². The van der Waals surface area contributed by atoms with Crippen LogP contribution in [0.2, 0.25) is 0 Å². The summed E-state index contributed by atoms with van der Waals surface area (Å²) in [4.78, 5) is 57.2. The minimum absolute atomic E-state index is 0.